The Hall–Kier alpha value is -3.93. The molecular formula is C19H15N7O2. The summed E-state index contributed by atoms with van der Waals surface area (Å²) >= 11 is 0. The maximum atomic E-state index is 13.2. The predicted molar refractivity (Wildman–Crippen MR) is 96.3 cm³/mol. The molecule has 9 heteroatoms. The van der Waals surface area contributed by atoms with Gasteiger partial charge in [-0.15, -0.1) is 0 Å². The van der Waals surface area contributed by atoms with Crippen molar-refractivity contribution in [3.8, 4) is 6.07 Å². The quantitative estimate of drug-likeness (QED) is 0.574. The van der Waals surface area contributed by atoms with E-state index in [0.717, 1.165) is 28.9 Å². The number of carbonyl (C=O) groups excluding carboxylic acids is 1. The van der Waals surface area contributed by atoms with Gasteiger partial charge in [-0.3, -0.25) is 4.79 Å². The molecule has 0 saturated heterocycles. The van der Waals surface area contributed by atoms with Crippen molar-refractivity contribution in [2.45, 2.75) is 19.4 Å². The van der Waals surface area contributed by atoms with Crippen molar-refractivity contribution in [3.05, 3.63) is 71.2 Å². The van der Waals surface area contributed by atoms with Gasteiger partial charge in [0.25, 0.3) is 5.91 Å². The number of H-pyrrole nitrogens is 1. The molecule has 5 rings (SSSR count). The van der Waals surface area contributed by atoms with E-state index < -0.39 is 11.9 Å². The second kappa shape index (κ2) is 6.06. The number of nitrogens with one attached hydrogen (secondary N) is 1. The molecule has 0 aromatic carbocycles. The van der Waals surface area contributed by atoms with Crippen molar-refractivity contribution in [2.24, 2.45) is 0 Å². The molecule has 0 bridgehead atoms. The van der Waals surface area contributed by atoms with Crippen LogP contribution >= 0.6 is 0 Å². The lowest BCUT2D eigenvalue weighted by molar-refractivity contribution is 0.0654. The minimum absolute atomic E-state index is 0.0257. The molecular weight excluding hydrogens is 358 g/mol. The van der Waals surface area contributed by atoms with Gasteiger partial charge in [0.05, 0.1) is 23.2 Å². The third kappa shape index (κ3) is 2.39. The van der Waals surface area contributed by atoms with E-state index in [0.29, 0.717) is 18.7 Å². The fourth-order valence-corrected chi connectivity index (χ4v) is 3.65. The monoisotopic (exact) mass is 373 g/mol. The number of hydrogen-bond acceptors (Lipinski definition) is 6. The van der Waals surface area contributed by atoms with Crippen LogP contribution in [0.5, 0.6) is 0 Å². The maximum absolute atomic E-state index is 13.2. The van der Waals surface area contributed by atoms with Crippen LogP contribution in [0.4, 0.5) is 0 Å². The molecule has 1 amide bonds. The molecule has 4 aromatic rings. The molecule has 0 fully saturated rings. The largest absolute Gasteiger partial charge is 0.437 e. The van der Waals surface area contributed by atoms with Gasteiger partial charge in [0.2, 0.25) is 5.76 Å². The second-order valence-electron chi connectivity index (χ2n) is 6.70. The molecule has 138 valence electrons. The SMILES string of the molecule is Cc1ccc2cc([C@H]3c4nc[nH]c4CCN3C(=O)c3ocnc3C#N)nn2c1. The van der Waals surface area contributed by atoms with Crippen LogP contribution in [0.3, 0.4) is 0 Å². The molecule has 28 heavy (non-hydrogen) atoms. The Bertz CT molecular complexity index is 1240. The number of pyridine rings is 1. The van der Waals surface area contributed by atoms with Crippen molar-refractivity contribution < 1.29 is 9.21 Å². The summed E-state index contributed by atoms with van der Waals surface area (Å²) in [5.41, 5.74) is 4.40. The molecule has 1 atom stereocenters. The van der Waals surface area contributed by atoms with E-state index in [9.17, 15) is 10.1 Å². The number of aromatic amines is 1. The van der Waals surface area contributed by atoms with Crippen molar-refractivity contribution in [1.29, 1.82) is 5.26 Å². The molecule has 0 saturated carbocycles. The first-order chi connectivity index (χ1) is 13.7. The van der Waals surface area contributed by atoms with Gasteiger partial charge in [0.15, 0.2) is 12.1 Å². The molecule has 1 aliphatic rings. The third-order valence-electron chi connectivity index (χ3n) is 4.96. The molecule has 0 aliphatic carbocycles. The lowest BCUT2D eigenvalue weighted by Crippen LogP contribution is -2.41. The van der Waals surface area contributed by atoms with E-state index in [1.54, 1.807) is 15.7 Å². The zero-order valence-electron chi connectivity index (χ0n) is 15.0. The van der Waals surface area contributed by atoms with Gasteiger partial charge in [0, 0.05) is 24.9 Å². The fraction of sp³-hybridized carbons (Fsp3) is 0.211. The molecule has 1 N–H and O–H groups in total. The average Bonchev–Trinajstić information content (AvgIpc) is 3.43. The number of nitrogens with zero attached hydrogens (tertiary/aromatic N) is 6. The number of rotatable bonds is 2. The Morgan fingerprint density at radius 3 is 3.14 bits per heavy atom. The number of aromatic nitrogens is 5. The average molecular weight is 373 g/mol. The van der Waals surface area contributed by atoms with Crippen LogP contribution in [0.2, 0.25) is 0 Å². The summed E-state index contributed by atoms with van der Waals surface area (Å²) in [5.74, 6) is -0.466. The summed E-state index contributed by atoms with van der Waals surface area (Å²) in [6, 6.07) is 7.35. The third-order valence-corrected chi connectivity index (χ3v) is 4.96. The number of oxazole rings is 1. The Labute approximate surface area is 159 Å². The number of carbonyl (C=O) groups is 1. The molecule has 0 radical (unpaired) electrons. The molecule has 9 nitrogen and oxygen atoms in total. The van der Waals surface area contributed by atoms with E-state index in [-0.39, 0.29) is 11.5 Å². The highest BCUT2D eigenvalue weighted by Crippen LogP contribution is 2.34. The normalized spacial score (nSPS) is 16.1. The van der Waals surface area contributed by atoms with Gasteiger partial charge in [-0.1, -0.05) is 6.07 Å². The van der Waals surface area contributed by atoms with E-state index in [2.05, 4.69) is 20.1 Å². The zero-order valence-corrected chi connectivity index (χ0v) is 15.0. The first kappa shape index (κ1) is 16.3. The first-order valence-electron chi connectivity index (χ1n) is 8.78. The van der Waals surface area contributed by atoms with E-state index in [4.69, 9.17) is 4.42 Å². The number of hydrogen-bond donors (Lipinski definition) is 1. The van der Waals surface area contributed by atoms with Gasteiger partial charge in [-0.2, -0.15) is 10.4 Å². The van der Waals surface area contributed by atoms with E-state index >= 15 is 0 Å². The van der Waals surface area contributed by atoms with Gasteiger partial charge >= 0.3 is 0 Å². The number of aryl methyl sites for hydroxylation is 1. The Kier molecular flexibility index (Phi) is 3.52. The van der Waals surface area contributed by atoms with Crippen LogP contribution < -0.4 is 0 Å². The van der Waals surface area contributed by atoms with Gasteiger partial charge in [-0.05, 0) is 24.6 Å². The minimum Gasteiger partial charge on any atom is -0.437 e. The molecule has 4 aromatic heterocycles. The molecule has 0 unspecified atom stereocenters. The van der Waals surface area contributed by atoms with Crippen molar-refractivity contribution in [3.63, 3.8) is 0 Å². The summed E-state index contributed by atoms with van der Waals surface area (Å²) in [5, 5.41) is 13.9. The van der Waals surface area contributed by atoms with Crippen LogP contribution in [-0.4, -0.2) is 41.9 Å². The predicted octanol–water partition coefficient (Wildman–Crippen LogP) is 2.01. The van der Waals surface area contributed by atoms with Crippen LogP contribution in [-0.2, 0) is 6.42 Å². The summed E-state index contributed by atoms with van der Waals surface area (Å²) < 4.78 is 7.02. The lowest BCUT2D eigenvalue weighted by atomic mass is 9.99. The fourth-order valence-electron chi connectivity index (χ4n) is 3.65. The molecule has 5 heterocycles. The highest BCUT2D eigenvalue weighted by atomic mass is 16.3. The maximum Gasteiger partial charge on any atom is 0.293 e. The Morgan fingerprint density at radius 1 is 1.39 bits per heavy atom. The van der Waals surface area contributed by atoms with Crippen LogP contribution in [0, 0.1) is 18.3 Å². The van der Waals surface area contributed by atoms with E-state index in [1.807, 2.05) is 37.4 Å². The highest BCUT2D eigenvalue weighted by molar-refractivity contribution is 5.94. The topological polar surface area (TPSA) is 116 Å². The van der Waals surface area contributed by atoms with Crippen molar-refractivity contribution in [2.75, 3.05) is 6.54 Å². The lowest BCUT2D eigenvalue weighted by Gasteiger charge is -2.33. The van der Waals surface area contributed by atoms with Crippen molar-refractivity contribution in [1.82, 2.24) is 29.5 Å². The Balaban J connectivity index is 1.64. The summed E-state index contributed by atoms with van der Waals surface area (Å²) in [6.45, 7) is 2.44. The van der Waals surface area contributed by atoms with Crippen LogP contribution in [0.25, 0.3) is 5.52 Å². The number of amides is 1. The number of imidazole rings is 1. The Morgan fingerprint density at radius 2 is 2.29 bits per heavy atom. The summed E-state index contributed by atoms with van der Waals surface area (Å²) in [7, 11) is 0. The number of nitriles is 1. The standard InChI is InChI=1S/C19H15N7O2/c1-11-2-3-12-6-14(24-26(12)8-11)17-16-13(21-9-22-16)4-5-25(17)19(27)18-15(7-20)23-10-28-18/h2-3,6,8-10,17H,4-5H2,1H3,(H,21,22)/t17-/m0/s1. The van der Waals surface area contributed by atoms with Gasteiger partial charge in [0.1, 0.15) is 12.1 Å². The van der Waals surface area contributed by atoms with Crippen LogP contribution in [0.15, 0.2) is 41.5 Å². The summed E-state index contributed by atoms with van der Waals surface area (Å²) in [6.07, 6.45) is 5.29. The van der Waals surface area contributed by atoms with Gasteiger partial charge in [-0.25, -0.2) is 14.5 Å². The highest BCUT2D eigenvalue weighted by Gasteiger charge is 2.38. The van der Waals surface area contributed by atoms with Crippen molar-refractivity contribution >= 4 is 11.4 Å². The smallest absolute Gasteiger partial charge is 0.293 e. The van der Waals surface area contributed by atoms with E-state index in [1.165, 1.54) is 0 Å². The summed E-state index contributed by atoms with van der Waals surface area (Å²) in [4.78, 5) is 26.2. The van der Waals surface area contributed by atoms with Gasteiger partial charge < -0.3 is 14.3 Å². The molecule has 0 spiro atoms. The second-order valence-corrected chi connectivity index (χ2v) is 6.70. The first-order valence-corrected chi connectivity index (χ1v) is 8.78. The zero-order chi connectivity index (χ0) is 19.3. The number of fused-ring (bicyclic) bond motifs is 2. The van der Waals surface area contributed by atoms with Crippen LogP contribution in [0.1, 0.15) is 44.9 Å². The molecule has 1 aliphatic heterocycles. The minimum atomic E-state index is -0.487.